The van der Waals surface area contributed by atoms with E-state index in [2.05, 4.69) is 211 Å². The molecule has 2 nitrogen and oxygen atoms in total. The Hall–Kier alpha value is -6.85. The van der Waals surface area contributed by atoms with Crippen molar-refractivity contribution in [3.63, 3.8) is 0 Å². The number of anilines is 3. The maximum absolute atomic E-state index is 5.07. The Morgan fingerprint density at radius 1 is 0.333 bits per heavy atom. The summed E-state index contributed by atoms with van der Waals surface area (Å²) in [4.78, 5) is 7.47. The van der Waals surface area contributed by atoms with Gasteiger partial charge < -0.3 is 4.90 Å². The van der Waals surface area contributed by atoms with Crippen molar-refractivity contribution in [3.8, 4) is 44.0 Å². The van der Waals surface area contributed by atoms with Gasteiger partial charge in [-0.3, -0.25) is 0 Å². The summed E-state index contributed by atoms with van der Waals surface area (Å²) in [5.74, 6) is 0. The molecule has 0 saturated carbocycles. The lowest BCUT2D eigenvalue weighted by Crippen LogP contribution is -2.10. The second-order valence-corrected chi connectivity index (χ2v) is 16.5. The van der Waals surface area contributed by atoms with Crippen molar-refractivity contribution in [1.82, 2.24) is 4.98 Å². The quantitative estimate of drug-likeness (QED) is 0.161. The largest absolute Gasteiger partial charge is 0.310 e. The van der Waals surface area contributed by atoms with Crippen LogP contribution < -0.4 is 4.90 Å². The van der Waals surface area contributed by atoms with Gasteiger partial charge in [-0.25, -0.2) is 4.98 Å². The number of fused-ring (bicyclic) bond motifs is 5. The highest BCUT2D eigenvalue weighted by Crippen LogP contribution is 2.45. The van der Waals surface area contributed by atoms with Gasteiger partial charge in [-0.2, -0.15) is 0 Å². The molecule has 0 amide bonds. The summed E-state index contributed by atoms with van der Waals surface area (Å²) in [6.07, 6.45) is 0. The minimum Gasteiger partial charge on any atom is -0.310 e. The second-order valence-electron chi connectivity index (χ2n) is 14.4. The summed E-state index contributed by atoms with van der Waals surface area (Å²) in [7, 11) is 0. The summed E-state index contributed by atoms with van der Waals surface area (Å²) in [6.45, 7) is 0. The summed E-state index contributed by atoms with van der Waals surface area (Å²) >= 11 is 3.62. The van der Waals surface area contributed by atoms with Crippen LogP contribution in [0.2, 0.25) is 0 Å². The predicted molar refractivity (Wildman–Crippen MR) is 246 cm³/mol. The maximum Gasteiger partial charge on any atom is 0.124 e. The van der Waals surface area contributed by atoms with E-state index < -0.39 is 0 Å². The molecule has 57 heavy (non-hydrogen) atoms. The van der Waals surface area contributed by atoms with E-state index in [4.69, 9.17) is 4.98 Å². The summed E-state index contributed by atoms with van der Waals surface area (Å²) < 4.78 is 3.75. The van der Waals surface area contributed by atoms with Gasteiger partial charge in [0.05, 0.1) is 10.2 Å². The van der Waals surface area contributed by atoms with Gasteiger partial charge >= 0.3 is 0 Å². The second kappa shape index (κ2) is 14.0. The molecule has 11 aromatic rings. The Bertz CT molecular complexity index is 3220. The van der Waals surface area contributed by atoms with Crippen LogP contribution in [0.1, 0.15) is 0 Å². The number of nitrogens with zero attached hydrogens (tertiary/aromatic N) is 2. The van der Waals surface area contributed by atoms with E-state index in [-0.39, 0.29) is 0 Å². The molecule has 0 spiro atoms. The minimum atomic E-state index is 1.05. The first-order valence-corrected chi connectivity index (χ1v) is 20.8. The SMILES string of the molecule is c1ccc(-c2nc3cc4c(cc3s2)sc2cc(N(c3ccc(-c5cccc6ccccc56)cc3)c3ccc(-c5ccccc5)c(-c5ccccc5)c3)ccc24)cc1. The van der Waals surface area contributed by atoms with Gasteiger partial charge in [0.1, 0.15) is 5.01 Å². The predicted octanol–water partition coefficient (Wildman–Crippen LogP) is 16.0. The minimum absolute atomic E-state index is 1.05. The van der Waals surface area contributed by atoms with Crippen LogP contribution in [0.3, 0.4) is 0 Å². The lowest BCUT2D eigenvalue weighted by molar-refractivity contribution is 1.29. The first-order chi connectivity index (χ1) is 28.2. The molecule has 0 radical (unpaired) electrons. The van der Waals surface area contributed by atoms with E-state index in [1.165, 1.54) is 69.0 Å². The van der Waals surface area contributed by atoms with Crippen LogP contribution in [0.25, 0.3) is 85.1 Å². The molecule has 0 aliphatic heterocycles. The molecule has 4 heteroatoms. The average molecular weight is 763 g/mol. The Labute approximate surface area is 339 Å². The fourth-order valence-corrected chi connectivity index (χ4v) is 10.4. The van der Waals surface area contributed by atoms with Crippen molar-refractivity contribution in [3.05, 3.63) is 206 Å². The third kappa shape index (κ3) is 6.07. The van der Waals surface area contributed by atoms with E-state index in [0.29, 0.717) is 0 Å². The average Bonchev–Trinajstić information content (AvgIpc) is 3.87. The van der Waals surface area contributed by atoms with Crippen molar-refractivity contribution in [2.45, 2.75) is 0 Å². The zero-order chi connectivity index (χ0) is 37.7. The lowest BCUT2D eigenvalue weighted by atomic mass is 9.93. The summed E-state index contributed by atoms with van der Waals surface area (Å²) in [5.41, 5.74) is 12.8. The smallest absolute Gasteiger partial charge is 0.124 e. The number of hydrogen-bond acceptors (Lipinski definition) is 4. The molecule has 2 heterocycles. The van der Waals surface area contributed by atoms with Crippen LogP contribution in [0, 0.1) is 0 Å². The van der Waals surface area contributed by atoms with E-state index in [1.54, 1.807) is 11.3 Å². The van der Waals surface area contributed by atoms with Crippen molar-refractivity contribution in [1.29, 1.82) is 0 Å². The zero-order valence-corrected chi connectivity index (χ0v) is 32.5. The Morgan fingerprint density at radius 3 is 1.70 bits per heavy atom. The van der Waals surface area contributed by atoms with E-state index >= 15 is 0 Å². The number of rotatable bonds is 7. The Kier molecular flexibility index (Phi) is 8.24. The number of hydrogen-bond donors (Lipinski definition) is 0. The highest BCUT2D eigenvalue weighted by Gasteiger charge is 2.19. The van der Waals surface area contributed by atoms with Gasteiger partial charge in [0, 0.05) is 42.8 Å². The van der Waals surface area contributed by atoms with Crippen LogP contribution in [-0.4, -0.2) is 4.98 Å². The van der Waals surface area contributed by atoms with Crippen molar-refractivity contribution in [2.24, 2.45) is 0 Å². The maximum atomic E-state index is 5.07. The monoisotopic (exact) mass is 762 g/mol. The van der Waals surface area contributed by atoms with Crippen LogP contribution in [-0.2, 0) is 0 Å². The molecule has 268 valence electrons. The number of aromatic nitrogens is 1. The number of thiophene rings is 1. The van der Waals surface area contributed by atoms with Gasteiger partial charge in [0.2, 0.25) is 0 Å². The molecule has 0 aliphatic carbocycles. The summed E-state index contributed by atoms with van der Waals surface area (Å²) in [6, 6.07) is 74.7. The van der Waals surface area contributed by atoms with Crippen LogP contribution in [0.15, 0.2) is 206 Å². The molecule has 0 N–H and O–H groups in total. The first kappa shape index (κ1) is 33.5. The number of benzene rings is 9. The molecule has 2 aromatic heterocycles. The highest BCUT2D eigenvalue weighted by molar-refractivity contribution is 7.26. The van der Waals surface area contributed by atoms with Gasteiger partial charge in [0.15, 0.2) is 0 Å². The van der Waals surface area contributed by atoms with Gasteiger partial charge in [-0.1, -0.05) is 158 Å². The fraction of sp³-hybridized carbons (Fsp3) is 0. The molecule has 0 saturated heterocycles. The van der Waals surface area contributed by atoms with E-state index in [0.717, 1.165) is 33.1 Å². The molecule has 0 fully saturated rings. The topological polar surface area (TPSA) is 16.1 Å². The zero-order valence-electron chi connectivity index (χ0n) is 30.8. The molecule has 9 aromatic carbocycles. The van der Waals surface area contributed by atoms with Crippen LogP contribution in [0.5, 0.6) is 0 Å². The lowest BCUT2D eigenvalue weighted by Gasteiger charge is -2.27. The molecular formula is C53H34N2S2. The number of thiazole rings is 1. The molecule has 0 unspecified atom stereocenters. The Balaban J connectivity index is 1.06. The van der Waals surface area contributed by atoms with Gasteiger partial charge in [-0.05, 0) is 92.7 Å². The van der Waals surface area contributed by atoms with Crippen LogP contribution >= 0.6 is 22.7 Å². The first-order valence-electron chi connectivity index (χ1n) is 19.2. The summed E-state index contributed by atoms with van der Waals surface area (Å²) in [5, 5.41) is 6.07. The highest BCUT2D eigenvalue weighted by atomic mass is 32.1. The molecular weight excluding hydrogens is 729 g/mol. The fourth-order valence-electron chi connectivity index (χ4n) is 8.14. The van der Waals surface area contributed by atoms with Crippen LogP contribution in [0.4, 0.5) is 17.1 Å². The standard InChI is InChI=1S/C53H34N2S2/c1-4-13-35(14-5-1)45-29-27-41(31-47(45)37-15-6-2-7-16-37)55(40-25-23-38(24-26-40)44-22-12-20-36-17-10-11-21-43(36)44)42-28-30-46-48-33-49-52(34-51(48)56-50(46)32-42)57-53(54-49)39-18-8-3-9-19-39/h1-34H. The molecule has 0 atom stereocenters. The third-order valence-electron chi connectivity index (χ3n) is 10.9. The van der Waals surface area contributed by atoms with Crippen molar-refractivity contribution >= 4 is 80.9 Å². The van der Waals surface area contributed by atoms with Gasteiger partial charge in [0.25, 0.3) is 0 Å². The Morgan fingerprint density at radius 2 is 0.930 bits per heavy atom. The third-order valence-corrected chi connectivity index (χ3v) is 13.1. The van der Waals surface area contributed by atoms with E-state index in [1.807, 2.05) is 11.3 Å². The van der Waals surface area contributed by atoms with Crippen molar-refractivity contribution < 1.29 is 0 Å². The van der Waals surface area contributed by atoms with E-state index in [9.17, 15) is 0 Å². The molecule has 11 rings (SSSR count). The molecule has 0 bridgehead atoms. The van der Waals surface area contributed by atoms with Crippen molar-refractivity contribution in [2.75, 3.05) is 4.90 Å². The molecule has 0 aliphatic rings. The van der Waals surface area contributed by atoms with Gasteiger partial charge in [-0.15, -0.1) is 22.7 Å². The normalized spacial score (nSPS) is 11.5.